The van der Waals surface area contributed by atoms with Crippen LogP contribution in [0.25, 0.3) is 10.8 Å². The van der Waals surface area contributed by atoms with E-state index >= 15 is 0 Å². The van der Waals surface area contributed by atoms with Crippen molar-refractivity contribution in [1.82, 2.24) is 10.8 Å². The molecule has 1 unspecified atom stereocenters. The SMILES string of the molecule is CONC(=O)c1ccc(NC(=O)C(Cc2ccc3ccccc3c2)NC(=O)c2ccccc2)cc1. The summed E-state index contributed by atoms with van der Waals surface area (Å²) in [7, 11) is 1.35. The van der Waals surface area contributed by atoms with E-state index in [9.17, 15) is 14.4 Å². The first-order chi connectivity index (χ1) is 17.0. The van der Waals surface area contributed by atoms with Crippen LogP contribution in [0.3, 0.4) is 0 Å². The van der Waals surface area contributed by atoms with Crippen LogP contribution in [0.1, 0.15) is 26.3 Å². The molecule has 176 valence electrons. The zero-order valence-corrected chi connectivity index (χ0v) is 19.2. The zero-order valence-electron chi connectivity index (χ0n) is 19.2. The Kier molecular flexibility index (Phi) is 7.50. The predicted molar refractivity (Wildman–Crippen MR) is 135 cm³/mol. The molecule has 0 aliphatic rings. The molecular weight excluding hydrogens is 442 g/mol. The van der Waals surface area contributed by atoms with Crippen molar-refractivity contribution >= 4 is 34.2 Å². The van der Waals surface area contributed by atoms with Gasteiger partial charge in [-0.15, -0.1) is 0 Å². The lowest BCUT2D eigenvalue weighted by Crippen LogP contribution is -2.45. The molecule has 0 bridgehead atoms. The third-order valence-corrected chi connectivity index (χ3v) is 5.52. The number of benzene rings is 4. The summed E-state index contributed by atoms with van der Waals surface area (Å²) in [5, 5.41) is 7.86. The number of amides is 3. The van der Waals surface area contributed by atoms with E-state index in [1.807, 2.05) is 48.5 Å². The maximum atomic E-state index is 13.2. The number of rotatable bonds is 8. The first-order valence-electron chi connectivity index (χ1n) is 11.1. The number of hydrogen-bond acceptors (Lipinski definition) is 4. The minimum atomic E-state index is -0.819. The van der Waals surface area contributed by atoms with Crippen LogP contribution in [-0.4, -0.2) is 30.9 Å². The number of hydrogen-bond donors (Lipinski definition) is 3. The highest BCUT2D eigenvalue weighted by molar-refractivity contribution is 6.01. The van der Waals surface area contributed by atoms with Crippen LogP contribution in [0.4, 0.5) is 5.69 Å². The molecule has 4 rings (SSSR count). The van der Waals surface area contributed by atoms with E-state index in [-0.39, 0.29) is 11.8 Å². The first-order valence-corrected chi connectivity index (χ1v) is 11.1. The Hall–Kier alpha value is -4.49. The topological polar surface area (TPSA) is 96.5 Å². The fourth-order valence-electron chi connectivity index (χ4n) is 3.73. The highest BCUT2D eigenvalue weighted by Crippen LogP contribution is 2.18. The molecule has 0 radical (unpaired) electrons. The van der Waals surface area contributed by atoms with Crippen LogP contribution in [0, 0.1) is 0 Å². The van der Waals surface area contributed by atoms with Crippen LogP contribution in [0.2, 0.25) is 0 Å². The van der Waals surface area contributed by atoms with E-state index in [2.05, 4.69) is 21.0 Å². The standard InChI is InChI=1S/C28H25N3O4/c1-35-31-27(33)22-13-15-24(16-14-22)29-28(34)25(30-26(32)21-8-3-2-4-9-21)18-19-11-12-20-7-5-6-10-23(20)17-19/h2-17,25H,18H2,1H3,(H,29,34)(H,30,32)(H,31,33). The van der Waals surface area contributed by atoms with Gasteiger partial charge in [-0.3, -0.25) is 19.2 Å². The number of carbonyl (C=O) groups is 3. The molecule has 1 atom stereocenters. The Morgan fingerprint density at radius 1 is 0.743 bits per heavy atom. The van der Waals surface area contributed by atoms with Gasteiger partial charge in [-0.25, -0.2) is 5.48 Å². The third-order valence-electron chi connectivity index (χ3n) is 5.52. The zero-order chi connectivity index (χ0) is 24.6. The Morgan fingerprint density at radius 3 is 2.11 bits per heavy atom. The normalized spacial score (nSPS) is 11.5. The molecule has 4 aromatic rings. The molecule has 4 aromatic carbocycles. The minimum absolute atomic E-state index is 0.309. The maximum Gasteiger partial charge on any atom is 0.274 e. The second-order valence-corrected chi connectivity index (χ2v) is 7.98. The van der Waals surface area contributed by atoms with Crippen molar-refractivity contribution in [1.29, 1.82) is 0 Å². The van der Waals surface area contributed by atoms with Gasteiger partial charge in [0.15, 0.2) is 0 Å². The van der Waals surface area contributed by atoms with Gasteiger partial charge in [-0.05, 0) is 52.7 Å². The van der Waals surface area contributed by atoms with E-state index in [0.717, 1.165) is 16.3 Å². The van der Waals surface area contributed by atoms with E-state index in [1.165, 1.54) is 7.11 Å². The summed E-state index contributed by atoms with van der Waals surface area (Å²) in [6, 6.07) is 28.3. The van der Waals surface area contributed by atoms with Crippen LogP contribution < -0.4 is 16.1 Å². The van der Waals surface area contributed by atoms with Crippen molar-refractivity contribution in [2.45, 2.75) is 12.5 Å². The van der Waals surface area contributed by atoms with Gasteiger partial charge in [0.25, 0.3) is 11.8 Å². The summed E-state index contributed by atoms with van der Waals surface area (Å²) < 4.78 is 0. The van der Waals surface area contributed by atoms with Gasteiger partial charge in [0.2, 0.25) is 5.91 Å². The highest BCUT2D eigenvalue weighted by Gasteiger charge is 2.22. The molecule has 0 heterocycles. The number of fused-ring (bicyclic) bond motifs is 1. The Bertz CT molecular complexity index is 1340. The molecule has 0 fully saturated rings. The fraction of sp³-hybridized carbons (Fsp3) is 0.107. The number of carbonyl (C=O) groups excluding carboxylic acids is 3. The average molecular weight is 468 g/mol. The molecule has 0 saturated heterocycles. The smallest absolute Gasteiger partial charge is 0.274 e. The van der Waals surface area contributed by atoms with Gasteiger partial charge >= 0.3 is 0 Å². The average Bonchev–Trinajstić information content (AvgIpc) is 2.89. The second-order valence-electron chi connectivity index (χ2n) is 7.98. The third kappa shape index (κ3) is 6.10. The molecule has 0 aliphatic heterocycles. The molecule has 35 heavy (non-hydrogen) atoms. The Balaban J connectivity index is 1.54. The van der Waals surface area contributed by atoms with Gasteiger partial charge in [0, 0.05) is 23.2 Å². The summed E-state index contributed by atoms with van der Waals surface area (Å²) in [5.74, 6) is -1.09. The Morgan fingerprint density at radius 2 is 1.40 bits per heavy atom. The molecule has 7 nitrogen and oxygen atoms in total. The summed E-state index contributed by atoms with van der Waals surface area (Å²) in [5.41, 5.74) is 4.52. The molecule has 0 spiro atoms. The van der Waals surface area contributed by atoms with Gasteiger partial charge in [-0.1, -0.05) is 60.7 Å². The number of anilines is 1. The quantitative estimate of drug-likeness (QED) is 0.340. The Labute approximate surface area is 203 Å². The van der Waals surface area contributed by atoms with Crippen molar-refractivity contribution < 1.29 is 19.2 Å². The van der Waals surface area contributed by atoms with Crippen molar-refractivity contribution in [3.8, 4) is 0 Å². The lowest BCUT2D eigenvalue weighted by atomic mass is 10.0. The monoisotopic (exact) mass is 467 g/mol. The van der Waals surface area contributed by atoms with Gasteiger partial charge < -0.3 is 10.6 Å². The maximum absolute atomic E-state index is 13.2. The molecule has 7 heteroatoms. The van der Waals surface area contributed by atoms with Crippen molar-refractivity contribution in [3.63, 3.8) is 0 Å². The van der Waals surface area contributed by atoms with E-state index in [1.54, 1.807) is 48.5 Å². The summed E-state index contributed by atoms with van der Waals surface area (Å²) in [4.78, 5) is 42.6. The number of hydroxylamine groups is 1. The van der Waals surface area contributed by atoms with Crippen LogP contribution in [0.15, 0.2) is 97.1 Å². The predicted octanol–water partition coefficient (Wildman–Crippen LogP) is 4.11. The molecule has 0 saturated carbocycles. The minimum Gasteiger partial charge on any atom is -0.340 e. The fourth-order valence-corrected chi connectivity index (χ4v) is 3.73. The molecule has 0 aliphatic carbocycles. The molecule has 0 aromatic heterocycles. The summed E-state index contributed by atoms with van der Waals surface area (Å²) in [6.45, 7) is 0. The van der Waals surface area contributed by atoms with E-state index < -0.39 is 11.9 Å². The van der Waals surface area contributed by atoms with Gasteiger partial charge in [0.1, 0.15) is 6.04 Å². The van der Waals surface area contributed by atoms with Crippen LogP contribution in [0.5, 0.6) is 0 Å². The lowest BCUT2D eigenvalue weighted by molar-refractivity contribution is -0.118. The highest BCUT2D eigenvalue weighted by atomic mass is 16.6. The second kappa shape index (κ2) is 11.1. The molecular formula is C28H25N3O4. The van der Waals surface area contributed by atoms with Crippen molar-refractivity contribution in [2.24, 2.45) is 0 Å². The van der Waals surface area contributed by atoms with E-state index in [4.69, 9.17) is 0 Å². The molecule has 3 N–H and O–H groups in total. The van der Waals surface area contributed by atoms with Crippen LogP contribution >= 0.6 is 0 Å². The molecule has 3 amide bonds. The largest absolute Gasteiger partial charge is 0.340 e. The summed E-state index contributed by atoms with van der Waals surface area (Å²) in [6.07, 6.45) is 0.309. The van der Waals surface area contributed by atoms with Crippen molar-refractivity contribution in [2.75, 3.05) is 12.4 Å². The van der Waals surface area contributed by atoms with Gasteiger partial charge in [0.05, 0.1) is 7.11 Å². The number of nitrogens with one attached hydrogen (secondary N) is 3. The van der Waals surface area contributed by atoms with Crippen molar-refractivity contribution in [3.05, 3.63) is 114 Å². The summed E-state index contributed by atoms with van der Waals surface area (Å²) >= 11 is 0. The van der Waals surface area contributed by atoms with Gasteiger partial charge in [-0.2, -0.15) is 0 Å². The van der Waals surface area contributed by atoms with Crippen LogP contribution in [-0.2, 0) is 16.1 Å². The first kappa shape index (κ1) is 23.7. The lowest BCUT2D eigenvalue weighted by Gasteiger charge is -2.19. The van der Waals surface area contributed by atoms with E-state index in [0.29, 0.717) is 23.2 Å².